The molecule has 0 atom stereocenters. The van der Waals surface area contributed by atoms with E-state index in [1.54, 1.807) is 0 Å². The number of hydrogen-bond donors (Lipinski definition) is 1. The molecule has 0 bridgehead atoms. The fraction of sp³-hybridized carbons (Fsp3) is 0.318. The van der Waals surface area contributed by atoms with E-state index in [1.165, 1.54) is 26.9 Å². The smallest absolute Gasteiger partial charge is 0.341 e. The highest BCUT2D eigenvalue weighted by Crippen LogP contribution is 2.23. The van der Waals surface area contributed by atoms with Gasteiger partial charge >= 0.3 is 5.97 Å². The van der Waals surface area contributed by atoms with Crippen LogP contribution >= 0.6 is 0 Å². The number of rotatable bonds is 10. The van der Waals surface area contributed by atoms with Gasteiger partial charge in [-0.15, -0.1) is 0 Å². The van der Waals surface area contributed by atoms with E-state index in [2.05, 4.69) is 12.2 Å². The average Bonchev–Trinajstić information content (AvgIpc) is 2.71. The van der Waals surface area contributed by atoms with Crippen LogP contribution in [0.2, 0.25) is 0 Å². The minimum absolute atomic E-state index is 0.330. The fourth-order valence-corrected chi connectivity index (χ4v) is 2.60. The van der Waals surface area contributed by atoms with Crippen LogP contribution in [0.3, 0.4) is 0 Å². The zero-order chi connectivity index (χ0) is 19.5. The fourth-order valence-electron chi connectivity index (χ4n) is 2.60. The van der Waals surface area contributed by atoms with Crippen molar-refractivity contribution in [3.8, 4) is 5.75 Å². The summed E-state index contributed by atoms with van der Waals surface area (Å²) < 4.78 is 15.8. The monoisotopic (exact) mass is 369 g/mol. The van der Waals surface area contributed by atoms with Crippen molar-refractivity contribution in [2.75, 3.05) is 26.1 Å². The molecule has 0 aliphatic rings. The molecule has 0 aliphatic carbocycles. The first-order valence-corrected chi connectivity index (χ1v) is 9.05. The summed E-state index contributed by atoms with van der Waals surface area (Å²) in [6.45, 7) is 3.47. The first kappa shape index (κ1) is 20.4. The zero-order valence-corrected chi connectivity index (χ0v) is 16.2. The summed E-state index contributed by atoms with van der Waals surface area (Å²) in [4.78, 5) is 12.1. The number of anilines is 1. The molecule has 5 nitrogen and oxygen atoms in total. The van der Waals surface area contributed by atoms with Crippen LogP contribution in [0.5, 0.6) is 5.75 Å². The number of ether oxygens (including phenoxy) is 3. The maximum atomic E-state index is 12.1. The standard InChI is InChI=1S/C22H27NO4/c1-4-5-14-23-18-10-12-19(13-11-18)27-15-17-8-6-7-9-20(17)21(16-25-2)22(24)26-3/h6-13,16,23H,4-5,14-15H2,1-3H3. The van der Waals surface area contributed by atoms with E-state index in [1.807, 2.05) is 48.5 Å². The molecule has 27 heavy (non-hydrogen) atoms. The van der Waals surface area contributed by atoms with Gasteiger partial charge in [0.05, 0.1) is 20.5 Å². The highest BCUT2D eigenvalue weighted by Gasteiger charge is 2.16. The molecule has 0 unspecified atom stereocenters. The van der Waals surface area contributed by atoms with Gasteiger partial charge in [0.2, 0.25) is 0 Å². The molecule has 5 heteroatoms. The molecule has 2 aromatic carbocycles. The molecule has 0 heterocycles. The molecule has 0 aromatic heterocycles. The molecule has 144 valence electrons. The second-order valence-corrected chi connectivity index (χ2v) is 6.01. The van der Waals surface area contributed by atoms with Crippen LogP contribution < -0.4 is 10.1 Å². The molecule has 0 saturated carbocycles. The number of benzene rings is 2. The normalized spacial score (nSPS) is 11.0. The van der Waals surface area contributed by atoms with Gasteiger partial charge in [0.25, 0.3) is 0 Å². The van der Waals surface area contributed by atoms with Crippen LogP contribution in [0, 0.1) is 0 Å². The number of methoxy groups -OCH3 is 2. The molecular weight excluding hydrogens is 342 g/mol. The Morgan fingerprint density at radius 1 is 1.07 bits per heavy atom. The van der Waals surface area contributed by atoms with E-state index in [4.69, 9.17) is 14.2 Å². The summed E-state index contributed by atoms with van der Waals surface area (Å²) in [5, 5.41) is 3.38. The van der Waals surface area contributed by atoms with Gasteiger partial charge in [-0.05, 0) is 41.8 Å². The predicted octanol–water partition coefficient (Wildman–Crippen LogP) is 4.64. The van der Waals surface area contributed by atoms with Crippen molar-refractivity contribution in [1.82, 2.24) is 0 Å². The maximum absolute atomic E-state index is 12.1. The van der Waals surface area contributed by atoms with E-state index in [-0.39, 0.29) is 0 Å². The molecule has 2 rings (SSSR count). The van der Waals surface area contributed by atoms with Crippen molar-refractivity contribution in [2.45, 2.75) is 26.4 Å². The van der Waals surface area contributed by atoms with Crippen LogP contribution in [-0.2, 0) is 20.9 Å². The number of nitrogens with one attached hydrogen (secondary N) is 1. The summed E-state index contributed by atoms with van der Waals surface area (Å²) in [6, 6.07) is 15.4. The van der Waals surface area contributed by atoms with Gasteiger partial charge in [-0.2, -0.15) is 0 Å². The molecule has 0 spiro atoms. The van der Waals surface area contributed by atoms with E-state index in [0.29, 0.717) is 12.2 Å². The summed E-state index contributed by atoms with van der Waals surface area (Å²) in [5.41, 5.74) is 3.03. The summed E-state index contributed by atoms with van der Waals surface area (Å²) >= 11 is 0. The summed E-state index contributed by atoms with van der Waals surface area (Å²) in [7, 11) is 2.85. The van der Waals surface area contributed by atoms with Crippen molar-refractivity contribution in [3.05, 3.63) is 65.9 Å². The molecule has 0 fully saturated rings. The Bertz CT molecular complexity index is 753. The lowest BCUT2D eigenvalue weighted by molar-refractivity contribution is -0.133. The minimum Gasteiger partial charge on any atom is -0.503 e. The molecule has 2 aromatic rings. The average molecular weight is 369 g/mol. The maximum Gasteiger partial charge on any atom is 0.341 e. The molecule has 1 N–H and O–H groups in total. The van der Waals surface area contributed by atoms with E-state index in [9.17, 15) is 4.79 Å². The molecule has 0 aliphatic heterocycles. The highest BCUT2D eigenvalue weighted by atomic mass is 16.5. The quantitative estimate of drug-likeness (QED) is 0.286. The van der Waals surface area contributed by atoms with Crippen LogP contribution in [0.15, 0.2) is 54.8 Å². The van der Waals surface area contributed by atoms with E-state index < -0.39 is 5.97 Å². The van der Waals surface area contributed by atoms with Gasteiger partial charge in [-0.25, -0.2) is 4.79 Å². The van der Waals surface area contributed by atoms with Crippen LogP contribution in [0.1, 0.15) is 30.9 Å². The van der Waals surface area contributed by atoms with Gasteiger partial charge in [-0.3, -0.25) is 0 Å². The Morgan fingerprint density at radius 2 is 1.81 bits per heavy atom. The summed E-state index contributed by atoms with van der Waals surface area (Å²) in [5.74, 6) is 0.313. The van der Waals surface area contributed by atoms with Crippen LogP contribution in [-0.4, -0.2) is 26.7 Å². The minimum atomic E-state index is -0.452. The highest BCUT2D eigenvalue weighted by molar-refractivity contribution is 6.16. The third-order valence-corrected chi connectivity index (χ3v) is 4.06. The lowest BCUT2D eigenvalue weighted by Crippen LogP contribution is -2.08. The van der Waals surface area contributed by atoms with Crippen LogP contribution in [0.4, 0.5) is 5.69 Å². The van der Waals surface area contributed by atoms with Gasteiger partial charge < -0.3 is 19.5 Å². The van der Waals surface area contributed by atoms with E-state index in [0.717, 1.165) is 35.5 Å². The topological polar surface area (TPSA) is 56.8 Å². The predicted molar refractivity (Wildman–Crippen MR) is 108 cm³/mol. The van der Waals surface area contributed by atoms with Crippen molar-refractivity contribution in [2.24, 2.45) is 0 Å². The van der Waals surface area contributed by atoms with Crippen molar-refractivity contribution in [3.63, 3.8) is 0 Å². The van der Waals surface area contributed by atoms with Crippen molar-refractivity contribution in [1.29, 1.82) is 0 Å². The number of carbonyl (C=O) groups excluding carboxylic acids is 1. The molecule has 0 radical (unpaired) electrons. The first-order valence-electron chi connectivity index (χ1n) is 9.05. The number of carbonyl (C=O) groups is 1. The first-order chi connectivity index (χ1) is 13.2. The Labute approximate surface area is 161 Å². The Kier molecular flexibility index (Phi) is 8.23. The third-order valence-electron chi connectivity index (χ3n) is 4.06. The van der Waals surface area contributed by atoms with Crippen molar-refractivity contribution < 1.29 is 19.0 Å². The van der Waals surface area contributed by atoms with E-state index >= 15 is 0 Å². The second kappa shape index (κ2) is 10.9. The van der Waals surface area contributed by atoms with Gasteiger partial charge in [0.15, 0.2) is 0 Å². The Hall–Kier alpha value is -2.95. The SMILES string of the molecule is CCCCNc1ccc(OCc2ccccc2C(=COC)C(=O)OC)cc1. The van der Waals surface area contributed by atoms with Crippen LogP contribution in [0.25, 0.3) is 5.57 Å². The summed E-state index contributed by atoms with van der Waals surface area (Å²) in [6.07, 6.45) is 3.70. The molecule has 0 amide bonds. The Morgan fingerprint density at radius 3 is 2.48 bits per heavy atom. The lowest BCUT2D eigenvalue weighted by atomic mass is 10.0. The number of hydrogen-bond acceptors (Lipinski definition) is 5. The largest absolute Gasteiger partial charge is 0.503 e. The number of unbranched alkanes of at least 4 members (excludes halogenated alkanes) is 1. The third kappa shape index (κ3) is 6.06. The lowest BCUT2D eigenvalue weighted by Gasteiger charge is -2.13. The van der Waals surface area contributed by atoms with Gasteiger partial charge in [-0.1, -0.05) is 37.6 Å². The molecule has 0 saturated heterocycles. The van der Waals surface area contributed by atoms with Crippen molar-refractivity contribution >= 4 is 17.2 Å². The van der Waals surface area contributed by atoms with Gasteiger partial charge in [0.1, 0.15) is 17.9 Å². The molecular formula is C22H27NO4. The second-order valence-electron chi connectivity index (χ2n) is 6.01. The Balaban J connectivity index is 2.08. The van der Waals surface area contributed by atoms with Gasteiger partial charge in [0, 0.05) is 12.2 Å². The zero-order valence-electron chi connectivity index (χ0n) is 16.2. The number of esters is 1.